The van der Waals surface area contributed by atoms with Crippen LogP contribution in [-0.2, 0) is 11.5 Å². The highest BCUT2D eigenvalue weighted by molar-refractivity contribution is 5.29. The number of H-pyrrole nitrogens is 1. The Labute approximate surface area is 86.7 Å². The van der Waals surface area contributed by atoms with E-state index in [0.29, 0.717) is 0 Å². The van der Waals surface area contributed by atoms with E-state index in [1.165, 1.54) is 10.8 Å². The van der Waals surface area contributed by atoms with E-state index in [0.717, 1.165) is 0 Å². The first-order chi connectivity index (χ1) is 6.79. The van der Waals surface area contributed by atoms with Crippen molar-refractivity contribution in [1.82, 2.24) is 9.55 Å². The minimum Gasteiger partial charge on any atom is -0.393 e. The Kier molecular flexibility index (Phi) is 2.99. The quantitative estimate of drug-likeness (QED) is 0.717. The number of nitrogens with one attached hydrogen (secondary N) is 1. The summed E-state index contributed by atoms with van der Waals surface area (Å²) in [6.45, 7) is 5.66. The van der Waals surface area contributed by atoms with E-state index >= 15 is 0 Å². The van der Waals surface area contributed by atoms with E-state index in [-0.39, 0.29) is 18.0 Å². The van der Waals surface area contributed by atoms with Gasteiger partial charge in [-0.3, -0.25) is 14.3 Å². The normalized spacial score (nSPS) is 11.7. The summed E-state index contributed by atoms with van der Waals surface area (Å²) in [7, 11) is 0. The Bertz CT molecular complexity index is 453. The summed E-state index contributed by atoms with van der Waals surface area (Å²) in [5, 5.41) is 0. The molecule has 0 bridgehead atoms. The number of rotatable bonds is 2. The lowest BCUT2D eigenvalue weighted by Crippen LogP contribution is -2.33. The molecule has 84 valence electrons. The fourth-order valence-electron chi connectivity index (χ4n) is 0.885. The third-order valence-corrected chi connectivity index (χ3v) is 1.68. The van der Waals surface area contributed by atoms with Gasteiger partial charge in [0, 0.05) is 6.20 Å². The molecule has 1 heterocycles. The van der Waals surface area contributed by atoms with Crippen molar-refractivity contribution in [3.8, 4) is 0 Å². The van der Waals surface area contributed by atoms with E-state index in [2.05, 4.69) is 4.98 Å². The smallest absolute Gasteiger partial charge is 0.330 e. The Hall–Kier alpha value is -1.56. The average Bonchev–Trinajstić information content (AvgIpc) is 2.07. The van der Waals surface area contributed by atoms with Crippen molar-refractivity contribution in [1.29, 1.82) is 0 Å². The van der Waals surface area contributed by atoms with Crippen LogP contribution in [-0.4, -0.2) is 15.2 Å². The van der Waals surface area contributed by atoms with Gasteiger partial charge in [-0.05, 0) is 20.8 Å². The van der Waals surface area contributed by atoms with Gasteiger partial charge in [0.15, 0.2) is 0 Å². The predicted molar refractivity (Wildman–Crippen MR) is 56.6 cm³/mol. The molecule has 0 unspecified atom stereocenters. The van der Waals surface area contributed by atoms with Crippen molar-refractivity contribution in [3.63, 3.8) is 0 Å². The zero-order chi connectivity index (χ0) is 11.6. The molecular formula is C9H15N3O3. The summed E-state index contributed by atoms with van der Waals surface area (Å²) in [4.78, 5) is 24.3. The largest absolute Gasteiger partial charge is 0.393 e. The first-order valence-electron chi connectivity index (χ1n) is 4.53. The molecule has 0 saturated carbocycles. The zero-order valence-electron chi connectivity index (χ0n) is 9.03. The molecule has 0 fully saturated rings. The fourth-order valence-corrected chi connectivity index (χ4v) is 0.885. The number of nitrogen functional groups attached to an aromatic ring is 1. The van der Waals surface area contributed by atoms with Crippen LogP contribution < -0.4 is 17.0 Å². The molecule has 0 amide bonds. The van der Waals surface area contributed by atoms with Gasteiger partial charge in [-0.1, -0.05) is 0 Å². The third kappa shape index (κ3) is 3.25. The van der Waals surface area contributed by atoms with Crippen LogP contribution in [0.3, 0.4) is 0 Å². The molecule has 0 aliphatic heterocycles. The first-order valence-corrected chi connectivity index (χ1v) is 4.53. The number of aromatic amines is 1. The number of nitrogens with zero attached hydrogens (tertiary/aromatic N) is 1. The SMILES string of the molecule is CC(C)(C)OCn1cc(N)c(=O)[nH]c1=O. The molecule has 1 aromatic rings. The van der Waals surface area contributed by atoms with Crippen molar-refractivity contribution in [2.45, 2.75) is 33.1 Å². The number of aromatic nitrogens is 2. The summed E-state index contributed by atoms with van der Waals surface area (Å²) in [5.41, 5.74) is 3.90. The average molecular weight is 213 g/mol. The second-order valence-electron chi connectivity index (χ2n) is 4.20. The van der Waals surface area contributed by atoms with Crippen molar-refractivity contribution in [2.75, 3.05) is 5.73 Å². The van der Waals surface area contributed by atoms with Crippen molar-refractivity contribution < 1.29 is 4.74 Å². The number of hydrogen-bond donors (Lipinski definition) is 2. The van der Waals surface area contributed by atoms with E-state index in [4.69, 9.17) is 10.5 Å². The van der Waals surface area contributed by atoms with Gasteiger partial charge in [0.25, 0.3) is 5.56 Å². The number of anilines is 1. The third-order valence-electron chi connectivity index (χ3n) is 1.68. The van der Waals surface area contributed by atoms with Crippen molar-refractivity contribution in [3.05, 3.63) is 27.0 Å². The van der Waals surface area contributed by atoms with Gasteiger partial charge in [0.1, 0.15) is 12.4 Å². The lowest BCUT2D eigenvalue weighted by atomic mass is 10.2. The fraction of sp³-hybridized carbons (Fsp3) is 0.556. The van der Waals surface area contributed by atoms with Crippen LogP contribution in [0.25, 0.3) is 0 Å². The summed E-state index contributed by atoms with van der Waals surface area (Å²) in [6, 6.07) is 0. The highest BCUT2D eigenvalue weighted by atomic mass is 16.5. The zero-order valence-corrected chi connectivity index (χ0v) is 9.03. The topological polar surface area (TPSA) is 90.1 Å². The summed E-state index contributed by atoms with van der Waals surface area (Å²) < 4.78 is 6.59. The lowest BCUT2D eigenvalue weighted by Gasteiger charge is -2.19. The van der Waals surface area contributed by atoms with Crippen LogP contribution in [0.15, 0.2) is 15.8 Å². The molecule has 0 aliphatic rings. The summed E-state index contributed by atoms with van der Waals surface area (Å²) >= 11 is 0. The van der Waals surface area contributed by atoms with E-state index < -0.39 is 11.2 Å². The Morgan fingerprint density at radius 2 is 2.07 bits per heavy atom. The molecule has 3 N–H and O–H groups in total. The molecule has 6 heteroatoms. The molecule has 0 radical (unpaired) electrons. The molecular weight excluding hydrogens is 198 g/mol. The molecule has 0 spiro atoms. The van der Waals surface area contributed by atoms with Crippen LogP contribution in [0.2, 0.25) is 0 Å². The van der Waals surface area contributed by atoms with Crippen molar-refractivity contribution in [2.24, 2.45) is 0 Å². The highest BCUT2D eigenvalue weighted by Crippen LogP contribution is 2.06. The molecule has 15 heavy (non-hydrogen) atoms. The van der Waals surface area contributed by atoms with E-state index in [1.807, 2.05) is 20.8 Å². The van der Waals surface area contributed by atoms with Crippen molar-refractivity contribution >= 4 is 5.69 Å². The Balaban J connectivity index is 2.92. The second-order valence-corrected chi connectivity index (χ2v) is 4.20. The molecule has 0 saturated heterocycles. The first kappa shape index (κ1) is 11.5. The minimum atomic E-state index is -0.577. The Morgan fingerprint density at radius 3 is 2.60 bits per heavy atom. The van der Waals surface area contributed by atoms with Gasteiger partial charge in [-0.25, -0.2) is 4.79 Å². The predicted octanol–water partition coefficient (Wildman–Crippen LogP) is -0.109. The number of ether oxygens (including phenoxy) is 1. The second kappa shape index (κ2) is 3.90. The molecule has 0 aliphatic carbocycles. The van der Waals surface area contributed by atoms with Crippen LogP contribution >= 0.6 is 0 Å². The number of hydrogen-bond acceptors (Lipinski definition) is 4. The molecule has 0 aromatic carbocycles. The van der Waals surface area contributed by atoms with Gasteiger partial charge >= 0.3 is 5.69 Å². The van der Waals surface area contributed by atoms with Gasteiger partial charge in [0.05, 0.1) is 5.60 Å². The minimum absolute atomic E-state index is 0.00731. The van der Waals surface area contributed by atoms with Gasteiger partial charge in [-0.15, -0.1) is 0 Å². The standard InChI is InChI=1S/C9H15N3O3/c1-9(2,3)15-5-12-4-6(10)7(13)11-8(12)14/h4H,5,10H2,1-3H3,(H,11,13,14). The molecule has 1 aromatic heterocycles. The maximum atomic E-state index is 11.3. The Morgan fingerprint density at radius 1 is 1.47 bits per heavy atom. The van der Waals surface area contributed by atoms with Crippen LogP contribution in [0.1, 0.15) is 20.8 Å². The molecule has 1 rings (SSSR count). The molecule has 0 atom stereocenters. The van der Waals surface area contributed by atoms with Gasteiger partial charge in [0.2, 0.25) is 0 Å². The van der Waals surface area contributed by atoms with E-state index in [1.54, 1.807) is 0 Å². The van der Waals surface area contributed by atoms with Gasteiger partial charge < -0.3 is 10.5 Å². The highest BCUT2D eigenvalue weighted by Gasteiger charge is 2.11. The lowest BCUT2D eigenvalue weighted by molar-refractivity contribution is -0.0450. The van der Waals surface area contributed by atoms with E-state index in [9.17, 15) is 9.59 Å². The van der Waals surface area contributed by atoms with Gasteiger partial charge in [-0.2, -0.15) is 0 Å². The van der Waals surface area contributed by atoms with Crippen LogP contribution in [0.4, 0.5) is 5.69 Å². The monoisotopic (exact) mass is 213 g/mol. The maximum absolute atomic E-state index is 11.3. The summed E-state index contributed by atoms with van der Waals surface area (Å²) in [5.74, 6) is 0. The number of nitrogens with two attached hydrogens (primary N) is 1. The van der Waals surface area contributed by atoms with Crippen LogP contribution in [0, 0.1) is 0 Å². The molecule has 6 nitrogen and oxygen atoms in total. The maximum Gasteiger partial charge on any atom is 0.330 e. The van der Waals surface area contributed by atoms with Crippen LogP contribution in [0.5, 0.6) is 0 Å². The summed E-state index contributed by atoms with van der Waals surface area (Å²) in [6.07, 6.45) is 1.27.